The summed E-state index contributed by atoms with van der Waals surface area (Å²) < 4.78 is 0. The largest absolute Gasteiger partial charge is 0.375 e. The predicted molar refractivity (Wildman–Crippen MR) is 70.4 cm³/mol. The monoisotopic (exact) mass is 252 g/mol. The van der Waals surface area contributed by atoms with E-state index in [0.29, 0.717) is 11.6 Å². The molecule has 1 N–H and O–H groups in total. The Morgan fingerprint density at radius 2 is 1.94 bits per heavy atom. The van der Waals surface area contributed by atoms with Crippen molar-refractivity contribution < 1.29 is 4.79 Å². The molecule has 0 bridgehead atoms. The molecule has 1 fully saturated rings. The molecule has 1 aromatic rings. The van der Waals surface area contributed by atoms with Gasteiger partial charge in [-0.15, -0.1) is 0 Å². The first-order valence-electron chi connectivity index (χ1n) is 6.03. The zero-order valence-corrected chi connectivity index (χ0v) is 10.5. The van der Waals surface area contributed by atoms with Gasteiger partial charge in [0.15, 0.2) is 0 Å². The lowest BCUT2D eigenvalue weighted by atomic mass is 10.1. The summed E-state index contributed by atoms with van der Waals surface area (Å²) in [6.45, 7) is 2.11. The summed E-state index contributed by atoms with van der Waals surface area (Å²) in [4.78, 5) is 13.8. The van der Waals surface area contributed by atoms with Crippen LogP contribution >= 0.6 is 11.6 Å². The lowest BCUT2D eigenvalue weighted by molar-refractivity contribution is -0.130. The average molecular weight is 253 g/mol. The maximum absolute atomic E-state index is 11.9. The van der Waals surface area contributed by atoms with E-state index in [9.17, 15) is 4.79 Å². The Bertz CT molecular complexity index is 389. The number of carbonyl (C=O) groups excluding carboxylic acids is 1. The third kappa shape index (κ3) is 3.37. The van der Waals surface area contributed by atoms with Gasteiger partial charge in [0.2, 0.25) is 5.91 Å². The van der Waals surface area contributed by atoms with Crippen molar-refractivity contribution in [2.24, 2.45) is 0 Å². The molecule has 1 aliphatic rings. The second-order valence-corrected chi connectivity index (χ2v) is 4.68. The van der Waals surface area contributed by atoms with E-state index in [1.54, 1.807) is 0 Å². The summed E-state index contributed by atoms with van der Waals surface area (Å²) in [5.41, 5.74) is 0.819. The highest BCUT2D eigenvalue weighted by atomic mass is 35.5. The van der Waals surface area contributed by atoms with Crippen molar-refractivity contribution in [1.82, 2.24) is 4.90 Å². The van der Waals surface area contributed by atoms with Crippen molar-refractivity contribution in [2.45, 2.75) is 19.3 Å². The first-order chi connectivity index (χ1) is 8.27. The molecule has 1 aliphatic heterocycles. The molecule has 0 saturated carbocycles. The Kier molecular flexibility index (Phi) is 4.26. The minimum atomic E-state index is 0.157. The third-order valence-electron chi connectivity index (χ3n) is 3.01. The Morgan fingerprint density at radius 3 is 2.65 bits per heavy atom. The zero-order valence-electron chi connectivity index (χ0n) is 9.79. The summed E-state index contributed by atoms with van der Waals surface area (Å²) in [5.74, 6) is 0.157. The number of piperidine rings is 1. The molecule has 92 valence electrons. The topological polar surface area (TPSA) is 32.3 Å². The van der Waals surface area contributed by atoms with Gasteiger partial charge >= 0.3 is 0 Å². The van der Waals surface area contributed by atoms with E-state index in [1.165, 1.54) is 6.42 Å². The number of hydrogen-bond donors (Lipinski definition) is 1. The number of benzene rings is 1. The summed E-state index contributed by atoms with van der Waals surface area (Å²) in [5, 5.41) is 3.74. The van der Waals surface area contributed by atoms with Crippen LogP contribution in [0.1, 0.15) is 19.3 Å². The third-order valence-corrected chi connectivity index (χ3v) is 3.34. The predicted octanol–water partition coefficient (Wildman–Crippen LogP) is 2.76. The summed E-state index contributed by atoms with van der Waals surface area (Å²) in [7, 11) is 0. The van der Waals surface area contributed by atoms with Gasteiger partial charge in [-0.1, -0.05) is 23.7 Å². The summed E-state index contributed by atoms with van der Waals surface area (Å²) >= 11 is 6.01. The fraction of sp³-hybridized carbons (Fsp3) is 0.462. The van der Waals surface area contributed by atoms with E-state index in [0.717, 1.165) is 31.6 Å². The van der Waals surface area contributed by atoms with Crippen LogP contribution in [0.15, 0.2) is 24.3 Å². The maximum atomic E-state index is 11.9. The molecule has 4 heteroatoms. The number of amides is 1. The van der Waals surface area contributed by atoms with Crippen LogP contribution in [-0.4, -0.2) is 30.4 Å². The molecule has 0 atom stereocenters. The van der Waals surface area contributed by atoms with E-state index in [4.69, 9.17) is 11.6 Å². The number of rotatable bonds is 3. The number of nitrogens with one attached hydrogen (secondary N) is 1. The first kappa shape index (κ1) is 12.2. The lowest BCUT2D eigenvalue weighted by Gasteiger charge is -2.27. The van der Waals surface area contributed by atoms with Crippen molar-refractivity contribution in [1.29, 1.82) is 0 Å². The standard InChI is InChI=1S/C13H17ClN2O/c14-11-6-2-3-7-12(11)15-10-13(17)16-8-4-1-5-9-16/h2-3,6-7,15H,1,4-5,8-10H2. The number of likely N-dealkylation sites (tertiary alicyclic amines) is 1. The van der Waals surface area contributed by atoms with Crippen LogP contribution in [0.5, 0.6) is 0 Å². The van der Waals surface area contributed by atoms with Gasteiger partial charge in [-0.3, -0.25) is 4.79 Å². The van der Waals surface area contributed by atoms with E-state index in [2.05, 4.69) is 5.32 Å². The molecule has 0 aromatic heterocycles. The quantitative estimate of drug-likeness (QED) is 0.897. The lowest BCUT2D eigenvalue weighted by Crippen LogP contribution is -2.39. The number of para-hydroxylation sites is 1. The van der Waals surface area contributed by atoms with Crippen molar-refractivity contribution in [2.75, 3.05) is 25.0 Å². The van der Waals surface area contributed by atoms with Gasteiger partial charge < -0.3 is 10.2 Å². The van der Waals surface area contributed by atoms with Crippen LogP contribution in [0.3, 0.4) is 0 Å². The Balaban J connectivity index is 1.85. The normalized spacial score (nSPS) is 15.7. The molecule has 2 rings (SSSR count). The van der Waals surface area contributed by atoms with Crippen LogP contribution in [0.4, 0.5) is 5.69 Å². The molecule has 0 aliphatic carbocycles. The number of anilines is 1. The van der Waals surface area contributed by atoms with E-state index in [-0.39, 0.29) is 5.91 Å². The second-order valence-electron chi connectivity index (χ2n) is 4.27. The van der Waals surface area contributed by atoms with Crippen LogP contribution in [-0.2, 0) is 4.79 Å². The highest BCUT2D eigenvalue weighted by Crippen LogP contribution is 2.20. The van der Waals surface area contributed by atoms with Gasteiger partial charge in [-0.05, 0) is 31.4 Å². The van der Waals surface area contributed by atoms with Gasteiger partial charge in [0.25, 0.3) is 0 Å². The number of nitrogens with zero attached hydrogens (tertiary/aromatic N) is 1. The number of hydrogen-bond acceptors (Lipinski definition) is 2. The Labute approximate surface area is 107 Å². The second kappa shape index (κ2) is 5.92. The number of halogens is 1. The molecule has 1 heterocycles. The molecule has 1 aromatic carbocycles. The van der Waals surface area contributed by atoms with Crippen molar-refractivity contribution in [3.05, 3.63) is 29.3 Å². The van der Waals surface area contributed by atoms with E-state index < -0.39 is 0 Å². The van der Waals surface area contributed by atoms with Crippen LogP contribution < -0.4 is 5.32 Å². The van der Waals surface area contributed by atoms with Gasteiger partial charge in [0.1, 0.15) is 0 Å². The average Bonchev–Trinajstić information content (AvgIpc) is 2.38. The van der Waals surface area contributed by atoms with Crippen LogP contribution in [0.2, 0.25) is 5.02 Å². The zero-order chi connectivity index (χ0) is 12.1. The minimum absolute atomic E-state index is 0.157. The number of carbonyl (C=O) groups is 1. The molecule has 17 heavy (non-hydrogen) atoms. The van der Waals surface area contributed by atoms with Gasteiger partial charge in [-0.25, -0.2) is 0 Å². The minimum Gasteiger partial charge on any atom is -0.375 e. The van der Waals surface area contributed by atoms with Gasteiger partial charge in [0, 0.05) is 13.1 Å². The van der Waals surface area contributed by atoms with Crippen molar-refractivity contribution >= 4 is 23.2 Å². The molecule has 0 unspecified atom stereocenters. The first-order valence-corrected chi connectivity index (χ1v) is 6.41. The van der Waals surface area contributed by atoms with Crippen LogP contribution in [0.25, 0.3) is 0 Å². The smallest absolute Gasteiger partial charge is 0.241 e. The van der Waals surface area contributed by atoms with Gasteiger partial charge in [-0.2, -0.15) is 0 Å². The SMILES string of the molecule is O=C(CNc1ccccc1Cl)N1CCCCC1. The van der Waals surface area contributed by atoms with E-state index >= 15 is 0 Å². The molecular weight excluding hydrogens is 236 g/mol. The maximum Gasteiger partial charge on any atom is 0.241 e. The Morgan fingerprint density at radius 1 is 1.24 bits per heavy atom. The molecular formula is C13H17ClN2O. The summed E-state index contributed by atoms with van der Waals surface area (Å²) in [6, 6.07) is 7.47. The molecule has 3 nitrogen and oxygen atoms in total. The molecule has 0 spiro atoms. The molecule has 1 amide bonds. The molecule has 0 radical (unpaired) electrons. The Hall–Kier alpha value is -1.22. The highest BCUT2D eigenvalue weighted by Gasteiger charge is 2.15. The fourth-order valence-corrected chi connectivity index (χ4v) is 2.23. The van der Waals surface area contributed by atoms with E-state index in [1.807, 2.05) is 29.2 Å². The van der Waals surface area contributed by atoms with Gasteiger partial charge in [0.05, 0.1) is 17.3 Å². The summed E-state index contributed by atoms with van der Waals surface area (Å²) in [6.07, 6.45) is 3.48. The fourth-order valence-electron chi connectivity index (χ4n) is 2.03. The van der Waals surface area contributed by atoms with Crippen LogP contribution in [0, 0.1) is 0 Å². The highest BCUT2D eigenvalue weighted by molar-refractivity contribution is 6.33. The van der Waals surface area contributed by atoms with Crippen molar-refractivity contribution in [3.8, 4) is 0 Å². The van der Waals surface area contributed by atoms with Crippen molar-refractivity contribution in [3.63, 3.8) is 0 Å². The molecule has 1 saturated heterocycles.